The van der Waals surface area contributed by atoms with Gasteiger partial charge in [0, 0.05) is 6.04 Å². The maximum atomic E-state index is 6.09. The summed E-state index contributed by atoms with van der Waals surface area (Å²) in [7, 11) is 1.63. The van der Waals surface area contributed by atoms with Crippen molar-refractivity contribution in [1.82, 2.24) is 0 Å². The van der Waals surface area contributed by atoms with E-state index in [4.69, 9.17) is 15.2 Å². The zero-order valence-corrected chi connectivity index (χ0v) is 12.2. The molecule has 20 heavy (non-hydrogen) atoms. The average molecular weight is 271 g/mol. The van der Waals surface area contributed by atoms with Crippen molar-refractivity contribution in [2.75, 3.05) is 7.11 Å². The molecule has 0 aliphatic carbocycles. The minimum atomic E-state index is -0.203. The molecule has 0 bridgehead atoms. The van der Waals surface area contributed by atoms with Crippen LogP contribution in [0.4, 0.5) is 0 Å². The minimum Gasteiger partial charge on any atom is -0.493 e. The first-order valence-electron chi connectivity index (χ1n) is 6.73. The molecular weight excluding hydrogens is 250 g/mol. The Balaban J connectivity index is 2.31. The molecule has 0 aliphatic heterocycles. The third kappa shape index (κ3) is 3.31. The Labute approximate surface area is 120 Å². The summed E-state index contributed by atoms with van der Waals surface area (Å²) in [5.41, 5.74) is 8.36. The van der Waals surface area contributed by atoms with Crippen LogP contribution in [-0.4, -0.2) is 13.2 Å². The molecule has 0 aliphatic rings. The second kappa shape index (κ2) is 6.44. The number of benzene rings is 2. The molecule has 2 aromatic carbocycles. The van der Waals surface area contributed by atoms with Crippen molar-refractivity contribution < 1.29 is 9.47 Å². The zero-order valence-electron chi connectivity index (χ0n) is 12.2. The van der Waals surface area contributed by atoms with Crippen LogP contribution in [0.1, 0.15) is 24.2 Å². The van der Waals surface area contributed by atoms with Crippen LogP contribution < -0.4 is 15.2 Å². The van der Waals surface area contributed by atoms with Crippen molar-refractivity contribution in [3.05, 3.63) is 59.7 Å². The Bertz CT molecular complexity index is 566. The Morgan fingerprint density at radius 2 is 1.70 bits per heavy atom. The second-order valence-corrected chi connectivity index (χ2v) is 4.96. The number of rotatable bonds is 5. The number of methoxy groups -OCH3 is 1. The third-order valence-corrected chi connectivity index (χ3v) is 3.17. The molecule has 0 fully saturated rings. The van der Waals surface area contributed by atoms with Crippen molar-refractivity contribution in [2.45, 2.75) is 26.0 Å². The summed E-state index contributed by atoms with van der Waals surface area (Å²) in [6.45, 7) is 4.01. The molecule has 106 valence electrons. The van der Waals surface area contributed by atoms with E-state index in [1.165, 1.54) is 5.56 Å². The van der Waals surface area contributed by atoms with Crippen LogP contribution in [0, 0.1) is 6.92 Å². The predicted octanol–water partition coefficient (Wildman–Crippen LogP) is 3.47. The fraction of sp³-hybridized carbons (Fsp3) is 0.294. The highest BCUT2D eigenvalue weighted by Gasteiger charge is 2.19. The SMILES string of the molecule is COc1ccccc1OC(c1cccc(C)c1)C(C)N. The molecule has 3 nitrogen and oxygen atoms in total. The van der Waals surface area contributed by atoms with Gasteiger partial charge in [-0.1, -0.05) is 42.0 Å². The molecule has 0 saturated carbocycles. The van der Waals surface area contributed by atoms with Gasteiger partial charge in [0.2, 0.25) is 0 Å². The van der Waals surface area contributed by atoms with E-state index in [9.17, 15) is 0 Å². The van der Waals surface area contributed by atoms with Crippen LogP contribution in [0.2, 0.25) is 0 Å². The lowest BCUT2D eigenvalue weighted by atomic mass is 10.0. The zero-order chi connectivity index (χ0) is 14.5. The highest BCUT2D eigenvalue weighted by atomic mass is 16.5. The topological polar surface area (TPSA) is 44.5 Å². The molecule has 0 spiro atoms. The summed E-state index contributed by atoms with van der Waals surface area (Å²) in [5.74, 6) is 1.42. The van der Waals surface area contributed by atoms with E-state index in [1.807, 2.05) is 43.3 Å². The van der Waals surface area contributed by atoms with Gasteiger partial charge in [0.15, 0.2) is 11.5 Å². The lowest BCUT2D eigenvalue weighted by Gasteiger charge is -2.24. The van der Waals surface area contributed by atoms with Crippen molar-refractivity contribution in [2.24, 2.45) is 5.73 Å². The normalized spacial score (nSPS) is 13.6. The van der Waals surface area contributed by atoms with Crippen LogP contribution in [0.25, 0.3) is 0 Å². The number of nitrogens with two attached hydrogens (primary N) is 1. The van der Waals surface area contributed by atoms with Gasteiger partial charge in [-0.25, -0.2) is 0 Å². The van der Waals surface area contributed by atoms with E-state index in [-0.39, 0.29) is 12.1 Å². The van der Waals surface area contributed by atoms with Gasteiger partial charge < -0.3 is 15.2 Å². The van der Waals surface area contributed by atoms with Gasteiger partial charge in [-0.2, -0.15) is 0 Å². The van der Waals surface area contributed by atoms with Gasteiger partial charge in [0.25, 0.3) is 0 Å². The molecule has 2 aromatic rings. The molecule has 0 amide bonds. The summed E-state index contributed by atoms with van der Waals surface area (Å²) >= 11 is 0. The van der Waals surface area contributed by atoms with Crippen molar-refractivity contribution in [3.63, 3.8) is 0 Å². The Kier molecular flexibility index (Phi) is 4.64. The van der Waals surface area contributed by atoms with Crippen LogP contribution in [-0.2, 0) is 0 Å². The van der Waals surface area contributed by atoms with Crippen molar-refractivity contribution >= 4 is 0 Å². The van der Waals surface area contributed by atoms with E-state index in [0.29, 0.717) is 11.5 Å². The van der Waals surface area contributed by atoms with E-state index in [2.05, 4.69) is 19.1 Å². The fourth-order valence-corrected chi connectivity index (χ4v) is 2.18. The standard InChI is InChI=1S/C17H21NO2/c1-12-7-6-8-14(11-12)17(13(2)18)20-16-10-5-4-9-15(16)19-3/h4-11,13,17H,18H2,1-3H3. The van der Waals surface area contributed by atoms with Crippen LogP contribution in [0.3, 0.4) is 0 Å². The molecule has 0 heterocycles. The summed E-state index contributed by atoms with van der Waals surface area (Å²) < 4.78 is 11.4. The monoisotopic (exact) mass is 271 g/mol. The molecule has 2 rings (SSSR count). The van der Waals surface area contributed by atoms with Gasteiger partial charge in [-0.05, 0) is 31.5 Å². The molecule has 0 saturated heterocycles. The minimum absolute atomic E-state index is 0.123. The van der Waals surface area contributed by atoms with E-state index in [0.717, 1.165) is 5.56 Å². The smallest absolute Gasteiger partial charge is 0.162 e. The van der Waals surface area contributed by atoms with Gasteiger partial charge in [-0.3, -0.25) is 0 Å². The number of para-hydroxylation sites is 2. The van der Waals surface area contributed by atoms with E-state index in [1.54, 1.807) is 7.11 Å². The van der Waals surface area contributed by atoms with Crippen LogP contribution >= 0.6 is 0 Å². The summed E-state index contributed by atoms with van der Waals surface area (Å²) in [4.78, 5) is 0. The number of aryl methyl sites for hydroxylation is 1. The van der Waals surface area contributed by atoms with Gasteiger partial charge in [0.05, 0.1) is 7.11 Å². The average Bonchev–Trinajstić information content (AvgIpc) is 2.44. The van der Waals surface area contributed by atoms with Crippen LogP contribution in [0.15, 0.2) is 48.5 Å². The number of hydrogen-bond donors (Lipinski definition) is 1. The Hall–Kier alpha value is -2.00. The molecule has 0 radical (unpaired) electrons. The second-order valence-electron chi connectivity index (χ2n) is 4.96. The lowest BCUT2D eigenvalue weighted by molar-refractivity contribution is 0.173. The van der Waals surface area contributed by atoms with Crippen LogP contribution in [0.5, 0.6) is 11.5 Å². The lowest BCUT2D eigenvalue weighted by Crippen LogP contribution is -2.29. The highest BCUT2D eigenvalue weighted by molar-refractivity contribution is 5.40. The first-order chi connectivity index (χ1) is 9.61. The molecule has 2 unspecified atom stereocenters. The fourth-order valence-electron chi connectivity index (χ4n) is 2.18. The van der Waals surface area contributed by atoms with Crippen molar-refractivity contribution in [3.8, 4) is 11.5 Å². The third-order valence-electron chi connectivity index (χ3n) is 3.17. The van der Waals surface area contributed by atoms with E-state index < -0.39 is 0 Å². The first kappa shape index (κ1) is 14.4. The van der Waals surface area contributed by atoms with E-state index >= 15 is 0 Å². The maximum absolute atomic E-state index is 6.09. The van der Waals surface area contributed by atoms with Crippen molar-refractivity contribution in [1.29, 1.82) is 0 Å². The van der Waals surface area contributed by atoms with Gasteiger partial charge >= 0.3 is 0 Å². The van der Waals surface area contributed by atoms with Gasteiger partial charge in [-0.15, -0.1) is 0 Å². The molecule has 3 heteroatoms. The summed E-state index contributed by atoms with van der Waals surface area (Å²) in [5, 5.41) is 0. The quantitative estimate of drug-likeness (QED) is 0.905. The Morgan fingerprint density at radius 1 is 1.00 bits per heavy atom. The molecule has 0 aromatic heterocycles. The first-order valence-corrected chi connectivity index (χ1v) is 6.73. The molecular formula is C17H21NO2. The largest absolute Gasteiger partial charge is 0.493 e. The van der Waals surface area contributed by atoms with Gasteiger partial charge in [0.1, 0.15) is 6.10 Å². The number of hydrogen-bond acceptors (Lipinski definition) is 3. The summed E-state index contributed by atoms with van der Waals surface area (Å²) in [6.07, 6.45) is -0.203. The number of ether oxygens (including phenoxy) is 2. The maximum Gasteiger partial charge on any atom is 0.162 e. The predicted molar refractivity (Wildman–Crippen MR) is 81.2 cm³/mol. The molecule has 2 atom stereocenters. The molecule has 2 N–H and O–H groups in total. The highest BCUT2D eigenvalue weighted by Crippen LogP contribution is 2.31. The Morgan fingerprint density at radius 3 is 2.30 bits per heavy atom. The summed E-state index contributed by atoms with van der Waals surface area (Å²) in [6, 6.07) is 15.7.